The number of thiocarbonyl (C=S) groups is 1. The number of rotatable bonds is 8. The number of amides is 1. The lowest BCUT2D eigenvalue weighted by atomic mass is 9.94. The fraction of sp³-hybridized carbons (Fsp3) is 0.261. The van der Waals surface area contributed by atoms with E-state index in [1.807, 2.05) is 6.07 Å². The van der Waals surface area contributed by atoms with E-state index in [-0.39, 0.29) is 18.8 Å². The molecule has 1 heterocycles. The average Bonchev–Trinajstić information content (AvgIpc) is 2.82. The number of anilines is 1. The molecule has 0 spiro atoms. The molecular formula is C23H24IN3O6S. The van der Waals surface area contributed by atoms with Crippen LogP contribution in [0.3, 0.4) is 0 Å². The van der Waals surface area contributed by atoms with Crippen LogP contribution in [0.4, 0.5) is 5.69 Å². The van der Waals surface area contributed by atoms with Gasteiger partial charge in [-0.2, -0.15) is 0 Å². The van der Waals surface area contributed by atoms with Crippen LogP contribution in [0.1, 0.15) is 28.9 Å². The summed E-state index contributed by atoms with van der Waals surface area (Å²) in [7, 11) is 2.79. The summed E-state index contributed by atoms with van der Waals surface area (Å²) in [5, 5.41) is 18.4. The van der Waals surface area contributed by atoms with Gasteiger partial charge in [-0.25, -0.2) is 4.79 Å². The minimum absolute atomic E-state index is 0.119. The Morgan fingerprint density at radius 1 is 1.24 bits per heavy atom. The summed E-state index contributed by atoms with van der Waals surface area (Å²) in [5.74, 6) is -0.0286. The van der Waals surface area contributed by atoms with Crippen molar-refractivity contribution in [2.75, 3.05) is 32.8 Å². The number of halogens is 1. The molecule has 1 atom stereocenters. The molecule has 0 fully saturated rings. The molecule has 3 rings (SSSR count). The molecule has 9 nitrogen and oxygen atoms in total. The minimum Gasteiger partial charge on any atom is -0.493 e. The van der Waals surface area contributed by atoms with E-state index in [2.05, 4.69) is 38.5 Å². The Bertz CT molecular complexity index is 1150. The van der Waals surface area contributed by atoms with Crippen LogP contribution >= 0.6 is 34.8 Å². The minimum atomic E-state index is -0.603. The lowest BCUT2D eigenvalue weighted by molar-refractivity contribution is -0.113. The third-order valence-electron chi connectivity index (χ3n) is 5.02. The molecule has 180 valence electrons. The third-order valence-corrected chi connectivity index (χ3v) is 6.04. The first-order valence-corrected chi connectivity index (χ1v) is 11.7. The van der Waals surface area contributed by atoms with Crippen molar-refractivity contribution in [2.24, 2.45) is 0 Å². The lowest BCUT2D eigenvalue weighted by Gasteiger charge is -2.31. The number of methoxy groups -OCH3 is 2. The highest BCUT2D eigenvalue weighted by molar-refractivity contribution is 14.1. The largest absolute Gasteiger partial charge is 0.493 e. The molecule has 11 heteroatoms. The standard InChI is InChI=1S/C23H24IN3O6S/c1-12-18(21(29)26-16-7-5-4-6-14(16)22(30)32-3)19(27-23(34)25-12)13-10-15(24)20(33-9-8-28)17(11-13)31-2/h4-7,10-11,19,28H,8-9H2,1-3H3,(H,26,29)(H2,25,27,34)/t19-/m0/s1. The average molecular weight is 597 g/mol. The summed E-state index contributed by atoms with van der Waals surface area (Å²) in [6.07, 6.45) is 0. The predicted octanol–water partition coefficient (Wildman–Crippen LogP) is 2.89. The van der Waals surface area contributed by atoms with Crippen molar-refractivity contribution in [1.29, 1.82) is 0 Å². The van der Waals surface area contributed by atoms with Gasteiger partial charge in [-0.3, -0.25) is 4.79 Å². The molecule has 1 aliphatic heterocycles. The quantitative estimate of drug-likeness (QED) is 0.207. The molecule has 2 aromatic carbocycles. The van der Waals surface area contributed by atoms with Crippen LogP contribution in [0.15, 0.2) is 47.7 Å². The number of aliphatic hydroxyl groups is 1. The predicted molar refractivity (Wildman–Crippen MR) is 139 cm³/mol. The van der Waals surface area contributed by atoms with Gasteiger partial charge in [-0.1, -0.05) is 12.1 Å². The molecule has 34 heavy (non-hydrogen) atoms. The summed E-state index contributed by atoms with van der Waals surface area (Å²) in [6, 6.07) is 9.60. The van der Waals surface area contributed by atoms with Crippen molar-refractivity contribution in [2.45, 2.75) is 13.0 Å². The van der Waals surface area contributed by atoms with E-state index in [4.69, 9.17) is 31.5 Å². The number of ether oxygens (including phenoxy) is 3. The molecule has 1 aliphatic rings. The second kappa shape index (κ2) is 11.5. The van der Waals surface area contributed by atoms with E-state index in [1.165, 1.54) is 14.2 Å². The Balaban J connectivity index is 2.01. The second-order valence-corrected chi connectivity index (χ2v) is 8.74. The number of hydrogen-bond acceptors (Lipinski definition) is 7. The summed E-state index contributed by atoms with van der Waals surface area (Å²) >= 11 is 7.45. The number of hydrogen-bond donors (Lipinski definition) is 4. The van der Waals surface area contributed by atoms with Crippen LogP contribution in [0.5, 0.6) is 11.5 Å². The van der Waals surface area contributed by atoms with E-state index in [1.54, 1.807) is 37.3 Å². The van der Waals surface area contributed by atoms with Crippen molar-refractivity contribution >= 4 is 57.5 Å². The second-order valence-electron chi connectivity index (χ2n) is 7.17. The number of para-hydroxylation sites is 1. The normalized spacial score (nSPS) is 15.2. The molecule has 0 aliphatic carbocycles. The molecule has 0 unspecified atom stereocenters. The number of allylic oxidation sites excluding steroid dienone is 1. The van der Waals surface area contributed by atoms with Gasteiger partial charge in [0.2, 0.25) is 0 Å². The van der Waals surface area contributed by atoms with E-state index < -0.39 is 17.9 Å². The molecule has 1 amide bonds. The highest BCUT2D eigenvalue weighted by atomic mass is 127. The molecule has 4 N–H and O–H groups in total. The van der Waals surface area contributed by atoms with Crippen LogP contribution in [0.25, 0.3) is 0 Å². The summed E-state index contributed by atoms with van der Waals surface area (Å²) in [5.41, 5.74) is 2.23. The maximum atomic E-state index is 13.4. The number of nitrogens with one attached hydrogen (secondary N) is 3. The molecule has 0 bridgehead atoms. The fourth-order valence-electron chi connectivity index (χ4n) is 3.51. The maximum absolute atomic E-state index is 13.4. The van der Waals surface area contributed by atoms with Crippen molar-refractivity contribution in [3.63, 3.8) is 0 Å². The van der Waals surface area contributed by atoms with E-state index in [9.17, 15) is 9.59 Å². The van der Waals surface area contributed by atoms with Crippen LogP contribution in [0.2, 0.25) is 0 Å². The summed E-state index contributed by atoms with van der Waals surface area (Å²) in [4.78, 5) is 25.6. The molecule has 0 saturated heterocycles. The van der Waals surface area contributed by atoms with Gasteiger partial charge < -0.3 is 35.3 Å². The maximum Gasteiger partial charge on any atom is 0.339 e. The monoisotopic (exact) mass is 597 g/mol. The third kappa shape index (κ3) is 5.59. The Morgan fingerprint density at radius 2 is 1.97 bits per heavy atom. The summed E-state index contributed by atoms with van der Waals surface area (Å²) < 4.78 is 16.7. The summed E-state index contributed by atoms with van der Waals surface area (Å²) in [6.45, 7) is 1.74. The van der Waals surface area contributed by atoms with Gasteiger partial charge in [0, 0.05) is 5.70 Å². The number of carbonyl (C=O) groups excluding carboxylic acids is 2. The molecule has 2 aromatic rings. The van der Waals surface area contributed by atoms with Crippen molar-refractivity contribution in [3.05, 3.63) is 62.4 Å². The Morgan fingerprint density at radius 3 is 2.65 bits per heavy atom. The van der Waals surface area contributed by atoms with Gasteiger partial charge in [0.1, 0.15) is 6.61 Å². The first kappa shape index (κ1) is 25.7. The zero-order valence-corrected chi connectivity index (χ0v) is 21.7. The van der Waals surface area contributed by atoms with Gasteiger partial charge >= 0.3 is 5.97 Å². The number of aliphatic hydroxyl groups excluding tert-OH is 1. The molecule has 0 aromatic heterocycles. The molecule has 0 radical (unpaired) electrons. The van der Waals surface area contributed by atoms with Crippen LogP contribution in [-0.4, -0.2) is 49.5 Å². The first-order chi connectivity index (χ1) is 16.3. The lowest BCUT2D eigenvalue weighted by Crippen LogP contribution is -2.45. The van der Waals surface area contributed by atoms with Gasteiger partial charge in [0.25, 0.3) is 5.91 Å². The van der Waals surface area contributed by atoms with Crippen LogP contribution in [-0.2, 0) is 9.53 Å². The van der Waals surface area contributed by atoms with Crippen molar-refractivity contribution in [1.82, 2.24) is 10.6 Å². The Labute approximate surface area is 216 Å². The van der Waals surface area contributed by atoms with Gasteiger partial charge in [0.15, 0.2) is 16.6 Å². The van der Waals surface area contributed by atoms with E-state index in [0.717, 1.165) is 3.57 Å². The van der Waals surface area contributed by atoms with Crippen molar-refractivity contribution < 1.29 is 28.9 Å². The molecule has 0 saturated carbocycles. The topological polar surface area (TPSA) is 118 Å². The Hall–Kier alpha value is -2.90. The number of esters is 1. The SMILES string of the molecule is COC(=O)c1ccccc1NC(=O)C1=C(C)NC(=S)N[C@H]1c1cc(I)c(OCCO)c(OC)c1. The van der Waals surface area contributed by atoms with Crippen LogP contribution < -0.4 is 25.4 Å². The van der Waals surface area contributed by atoms with E-state index in [0.29, 0.717) is 39.1 Å². The van der Waals surface area contributed by atoms with Gasteiger partial charge in [-0.15, -0.1) is 0 Å². The molecular weight excluding hydrogens is 573 g/mol. The van der Waals surface area contributed by atoms with Gasteiger partial charge in [-0.05, 0) is 71.6 Å². The first-order valence-electron chi connectivity index (χ1n) is 10.2. The Kier molecular flexibility index (Phi) is 8.69. The fourth-order valence-corrected chi connectivity index (χ4v) is 4.56. The number of carbonyl (C=O) groups is 2. The highest BCUT2D eigenvalue weighted by Crippen LogP contribution is 2.38. The smallest absolute Gasteiger partial charge is 0.339 e. The van der Waals surface area contributed by atoms with Crippen molar-refractivity contribution in [3.8, 4) is 11.5 Å². The van der Waals surface area contributed by atoms with Crippen LogP contribution in [0, 0.1) is 3.57 Å². The van der Waals surface area contributed by atoms with Gasteiger partial charge in [0.05, 0.1) is 47.3 Å². The zero-order valence-electron chi connectivity index (χ0n) is 18.7. The highest BCUT2D eigenvalue weighted by Gasteiger charge is 2.32. The van der Waals surface area contributed by atoms with E-state index >= 15 is 0 Å². The zero-order chi connectivity index (χ0) is 24.8. The number of benzene rings is 2.